The van der Waals surface area contributed by atoms with Crippen molar-refractivity contribution in [1.29, 1.82) is 0 Å². The third-order valence-corrected chi connectivity index (χ3v) is 4.07. The summed E-state index contributed by atoms with van der Waals surface area (Å²) in [5.74, 6) is 2.46. The van der Waals surface area contributed by atoms with E-state index in [0.717, 1.165) is 24.6 Å². The maximum absolute atomic E-state index is 5.72. The zero-order valence-electron chi connectivity index (χ0n) is 11.9. The van der Waals surface area contributed by atoms with Crippen molar-refractivity contribution in [2.75, 3.05) is 40.4 Å². The quantitative estimate of drug-likeness (QED) is 0.897. The lowest BCUT2D eigenvalue weighted by molar-refractivity contribution is 0.155. The standard InChI is InChI=1S/C15H22N2O2/c1-10-6-13-14(19-5-4-18-13)7-12(10)15(17(2)3)11-8-16-9-11/h6-7,11,15-16H,4-5,8-9H2,1-3H3. The molecule has 0 amide bonds. The lowest BCUT2D eigenvalue weighted by Crippen LogP contribution is -2.48. The smallest absolute Gasteiger partial charge is 0.161 e. The zero-order valence-corrected chi connectivity index (χ0v) is 11.9. The number of benzene rings is 1. The number of hydrogen-bond acceptors (Lipinski definition) is 4. The number of aryl methyl sites for hydroxylation is 1. The van der Waals surface area contributed by atoms with Crippen molar-refractivity contribution in [2.24, 2.45) is 5.92 Å². The molecule has 2 heterocycles. The minimum Gasteiger partial charge on any atom is -0.486 e. The average Bonchev–Trinajstić information content (AvgIpc) is 2.32. The molecule has 4 heteroatoms. The van der Waals surface area contributed by atoms with Gasteiger partial charge in [-0.25, -0.2) is 0 Å². The molecule has 0 aliphatic carbocycles. The molecule has 1 fully saturated rings. The van der Waals surface area contributed by atoms with E-state index >= 15 is 0 Å². The molecule has 19 heavy (non-hydrogen) atoms. The van der Waals surface area contributed by atoms with E-state index in [9.17, 15) is 0 Å². The minimum absolute atomic E-state index is 0.442. The molecular weight excluding hydrogens is 240 g/mol. The highest BCUT2D eigenvalue weighted by atomic mass is 16.6. The largest absolute Gasteiger partial charge is 0.486 e. The highest BCUT2D eigenvalue weighted by Gasteiger charge is 2.31. The Labute approximate surface area is 114 Å². The van der Waals surface area contributed by atoms with Gasteiger partial charge in [0.2, 0.25) is 0 Å². The summed E-state index contributed by atoms with van der Waals surface area (Å²) in [5.41, 5.74) is 2.65. The van der Waals surface area contributed by atoms with Gasteiger partial charge in [0.25, 0.3) is 0 Å². The first-order valence-corrected chi connectivity index (χ1v) is 6.94. The van der Waals surface area contributed by atoms with Crippen LogP contribution in [0.3, 0.4) is 0 Å². The van der Waals surface area contributed by atoms with E-state index in [1.807, 2.05) is 0 Å². The van der Waals surface area contributed by atoms with Gasteiger partial charge in [0.15, 0.2) is 11.5 Å². The molecule has 104 valence electrons. The monoisotopic (exact) mass is 262 g/mol. The van der Waals surface area contributed by atoms with E-state index in [-0.39, 0.29) is 0 Å². The predicted molar refractivity (Wildman–Crippen MR) is 75.0 cm³/mol. The molecule has 0 radical (unpaired) electrons. The van der Waals surface area contributed by atoms with E-state index in [2.05, 4.69) is 43.4 Å². The molecule has 0 spiro atoms. The first-order valence-electron chi connectivity index (χ1n) is 6.94. The van der Waals surface area contributed by atoms with Gasteiger partial charge in [-0.15, -0.1) is 0 Å². The van der Waals surface area contributed by atoms with Crippen LogP contribution in [0.2, 0.25) is 0 Å². The van der Waals surface area contributed by atoms with E-state index < -0.39 is 0 Å². The molecule has 1 unspecified atom stereocenters. The third-order valence-electron chi connectivity index (χ3n) is 4.07. The van der Waals surface area contributed by atoms with Gasteiger partial charge in [0.05, 0.1) is 0 Å². The van der Waals surface area contributed by atoms with Gasteiger partial charge in [-0.3, -0.25) is 0 Å². The molecule has 2 aliphatic rings. The molecular formula is C15H22N2O2. The molecule has 0 aromatic heterocycles. The predicted octanol–water partition coefficient (Wildman–Crippen LogP) is 1.59. The van der Waals surface area contributed by atoms with Crippen LogP contribution >= 0.6 is 0 Å². The molecule has 2 aliphatic heterocycles. The lowest BCUT2D eigenvalue weighted by atomic mass is 9.85. The maximum atomic E-state index is 5.72. The van der Waals surface area contributed by atoms with Gasteiger partial charge < -0.3 is 19.7 Å². The van der Waals surface area contributed by atoms with Crippen molar-refractivity contribution in [1.82, 2.24) is 10.2 Å². The number of rotatable bonds is 3. The highest BCUT2D eigenvalue weighted by molar-refractivity contribution is 5.49. The Kier molecular flexibility index (Phi) is 3.37. The molecule has 1 aromatic rings. The SMILES string of the molecule is Cc1cc2c(cc1C(C1CNC1)N(C)C)OCCO2. The Morgan fingerprint density at radius 3 is 2.32 bits per heavy atom. The molecule has 1 N–H and O–H groups in total. The highest BCUT2D eigenvalue weighted by Crippen LogP contribution is 2.39. The Morgan fingerprint density at radius 2 is 1.79 bits per heavy atom. The van der Waals surface area contributed by atoms with Crippen molar-refractivity contribution >= 4 is 0 Å². The summed E-state index contributed by atoms with van der Waals surface area (Å²) >= 11 is 0. The van der Waals surface area contributed by atoms with Crippen LogP contribution in [-0.2, 0) is 0 Å². The van der Waals surface area contributed by atoms with Crippen LogP contribution in [0.1, 0.15) is 17.2 Å². The number of fused-ring (bicyclic) bond motifs is 1. The van der Waals surface area contributed by atoms with Crippen molar-refractivity contribution in [2.45, 2.75) is 13.0 Å². The van der Waals surface area contributed by atoms with Crippen LogP contribution in [0, 0.1) is 12.8 Å². The fraction of sp³-hybridized carbons (Fsp3) is 0.600. The van der Waals surface area contributed by atoms with Crippen LogP contribution in [0.5, 0.6) is 11.5 Å². The second kappa shape index (κ2) is 5.02. The van der Waals surface area contributed by atoms with Crippen LogP contribution in [0.4, 0.5) is 0 Å². The fourth-order valence-corrected chi connectivity index (χ4v) is 3.01. The van der Waals surface area contributed by atoms with E-state index in [0.29, 0.717) is 25.2 Å². The van der Waals surface area contributed by atoms with Gasteiger partial charge in [0, 0.05) is 25.0 Å². The summed E-state index contributed by atoms with van der Waals surface area (Å²) in [6.07, 6.45) is 0. The van der Waals surface area contributed by atoms with E-state index in [4.69, 9.17) is 9.47 Å². The van der Waals surface area contributed by atoms with Gasteiger partial charge in [-0.05, 0) is 44.3 Å². The first kappa shape index (κ1) is 12.8. The second-order valence-electron chi connectivity index (χ2n) is 5.68. The Bertz CT molecular complexity index is 469. The zero-order chi connectivity index (χ0) is 13.4. The fourth-order valence-electron chi connectivity index (χ4n) is 3.01. The Hall–Kier alpha value is -1.26. The summed E-state index contributed by atoms with van der Waals surface area (Å²) in [6, 6.07) is 4.73. The van der Waals surface area contributed by atoms with Gasteiger partial charge in [0.1, 0.15) is 13.2 Å². The van der Waals surface area contributed by atoms with Crippen molar-refractivity contribution in [3.8, 4) is 11.5 Å². The number of nitrogens with one attached hydrogen (secondary N) is 1. The Balaban J connectivity index is 1.97. The van der Waals surface area contributed by atoms with Gasteiger partial charge in [-0.1, -0.05) is 0 Å². The molecule has 4 nitrogen and oxygen atoms in total. The van der Waals surface area contributed by atoms with E-state index in [1.54, 1.807) is 0 Å². The van der Waals surface area contributed by atoms with Gasteiger partial charge >= 0.3 is 0 Å². The first-order chi connectivity index (χ1) is 9.16. The van der Waals surface area contributed by atoms with Crippen molar-refractivity contribution < 1.29 is 9.47 Å². The molecule has 0 bridgehead atoms. The summed E-state index contributed by atoms with van der Waals surface area (Å²) < 4.78 is 11.4. The maximum Gasteiger partial charge on any atom is 0.161 e. The minimum atomic E-state index is 0.442. The average molecular weight is 262 g/mol. The summed E-state index contributed by atoms with van der Waals surface area (Å²) in [6.45, 7) is 5.65. The summed E-state index contributed by atoms with van der Waals surface area (Å²) in [7, 11) is 4.30. The topological polar surface area (TPSA) is 33.7 Å². The summed E-state index contributed by atoms with van der Waals surface area (Å²) in [5, 5.41) is 3.37. The Morgan fingerprint density at radius 1 is 1.16 bits per heavy atom. The van der Waals surface area contributed by atoms with Crippen LogP contribution < -0.4 is 14.8 Å². The normalized spacial score (nSPS) is 20.2. The lowest BCUT2D eigenvalue weighted by Gasteiger charge is -2.39. The van der Waals surface area contributed by atoms with Crippen LogP contribution in [0.25, 0.3) is 0 Å². The molecule has 1 saturated heterocycles. The molecule has 3 rings (SSSR count). The van der Waals surface area contributed by atoms with E-state index in [1.165, 1.54) is 11.1 Å². The van der Waals surface area contributed by atoms with Gasteiger partial charge in [-0.2, -0.15) is 0 Å². The van der Waals surface area contributed by atoms with Crippen LogP contribution in [0.15, 0.2) is 12.1 Å². The number of ether oxygens (including phenoxy) is 2. The number of hydrogen-bond donors (Lipinski definition) is 1. The molecule has 1 atom stereocenters. The van der Waals surface area contributed by atoms with Crippen molar-refractivity contribution in [3.05, 3.63) is 23.3 Å². The second-order valence-corrected chi connectivity index (χ2v) is 5.68. The molecule has 1 aromatic carbocycles. The summed E-state index contributed by atoms with van der Waals surface area (Å²) in [4.78, 5) is 2.31. The van der Waals surface area contributed by atoms with Crippen LogP contribution in [-0.4, -0.2) is 45.3 Å². The number of nitrogens with zero attached hydrogens (tertiary/aromatic N) is 1. The molecule has 0 saturated carbocycles. The van der Waals surface area contributed by atoms with Crippen molar-refractivity contribution in [3.63, 3.8) is 0 Å². The third kappa shape index (κ3) is 2.30.